The first-order valence-electron chi connectivity index (χ1n) is 8.51. The highest BCUT2D eigenvalue weighted by Crippen LogP contribution is 2.31. The zero-order chi connectivity index (χ0) is 19.0. The number of benzene rings is 2. The summed E-state index contributed by atoms with van der Waals surface area (Å²) < 4.78 is 0. The van der Waals surface area contributed by atoms with E-state index in [0.29, 0.717) is 11.4 Å². The van der Waals surface area contributed by atoms with Gasteiger partial charge in [0.15, 0.2) is 12.1 Å². The van der Waals surface area contributed by atoms with Gasteiger partial charge in [0.25, 0.3) is 11.8 Å². The molecule has 1 fully saturated rings. The molecule has 3 amide bonds. The van der Waals surface area contributed by atoms with E-state index in [0.717, 1.165) is 10.5 Å². The average molecular weight is 363 g/mol. The standard InChI is InChI=1S/C19H17N5O3/c1-12-7-9-14(10-8-12)24-18(26)16-17(19(24)27)23(22-21-16)11-15(25)20-13-5-3-2-4-6-13/h2-10,16-17H,11H2,1H3,(H,20,25)/t16-,17+/m0/s1. The molecule has 0 aromatic heterocycles. The first kappa shape index (κ1) is 16.9. The summed E-state index contributed by atoms with van der Waals surface area (Å²) in [4.78, 5) is 38.9. The summed E-state index contributed by atoms with van der Waals surface area (Å²) in [6.07, 6.45) is 0. The summed E-state index contributed by atoms with van der Waals surface area (Å²) in [7, 11) is 0. The lowest BCUT2D eigenvalue weighted by molar-refractivity contribution is -0.123. The lowest BCUT2D eigenvalue weighted by Gasteiger charge is -2.20. The second-order valence-electron chi connectivity index (χ2n) is 6.45. The van der Waals surface area contributed by atoms with E-state index < -0.39 is 23.9 Å². The maximum absolute atomic E-state index is 12.8. The molecule has 8 heteroatoms. The first-order chi connectivity index (χ1) is 13.0. The molecule has 0 saturated carbocycles. The fourth-order valence-corrected chi connectivity index (χ4v) is 3.17. The molecule has 0 aliphatic carbocycles. The van der Waals surface area contributed by atoms with E-state index in [1.807, 2.05) is 25.1 Å². The van der Waals surface area contributed by atoms with Gasteiger partial charge in [0.05, 0.1) is 5.69 Å². The normalized spacial score (nSPS) is 20.9. The minimum absolute atomic E-state index is 0.166. The number of aryl methyl sites for hydroxylation is 1. The van der Waals surface area contributed by atoms with Crippen LogP contribution in [0.2, 0.25) is 0 Å². The molecule has 2 aliphatic rings. The van der Waals surface area contributed by atoms with Crippen molar-refractivity contribution < 1.29 is 14.4 Å². The molecule has 2 aliphatic heterocycles. The molecule has 27 heavy (non-hydrogen) atoms. The minimum atomic E-state index is -0.914. The lowest BCUT2D eigenvalue weighted by atomic mass is 10.1. The number of imide groups is 1. The fraction of sp³-hybridized carbons (Fsp3) is 0.211. The number of para-hydroxylation sites is 1. The number of nitrogens with zero attached hydrogens (tertiary/aromatic N) is 4. The summed E-state index contributed by atoms with van der Waals surface area (Å²) in [5.41, 5.74) is 2.16. The third-order valence-corrected chi connectivity index (χ3v) is 4.51. The smallest absolute Gasteiger partial charge is 0.263 e. The largest absolute Gasteiger partial charge is 0.324 e. The summed E-state index contributed by atoms with van der Waals surface area (Å²) in [6, 6.07) is 14.3. The van der Waals surface area contributed by atoms with Crippen LogP contribution in [0, 0.1) is 6.92 Å². The zero-order valence-electron chi connectivity index (χ0n) is 14.6. The van der Waals surface area contributed by atoms with Gasteiger partial charge in [0, 0.05) is 5.69 Å². The predicted molar refractivity (Wildman–Crippen MR) is 97.9 cm³/mol. The van der Waals surface area contributed by atoms with Crippen LogP contribution in [-0.2, 0) is 14.4 Å². The van der Waals surface area contributed by atoms with Crippen LogP contribution in [0.4, 0.5) is 11.4 Å². The van der Waals surface area contributed by atoms with Crippen molar-refractivity contribution in [3.8, 4) is 0 Å². The maximum Gasteiger partial charge on any atom is 0.263 e. The van der Waals surface area contributed by atoms with E-state index in [4.69, 9.17) is 0 Å². The van der Waals surface area contributed by atoms with Gasteiger partial charge in [-0.25, -0.2) is 4.90 Å². The average Bonchev–Trinajstić information content (AvgIpc) is 3.17. The van der Waals surface area contributed by atoms with Gasteiger partial charge in [0.1, 0.15) is 6.54 Å². The molecule has 1 N–H and O–H groups in total. The van der Waals surface area contributed by atoms with Gasteiger partial charge in [-0.2, -0.15) is 5.11 Å². The van der Waals surface area contributed by atoms with E-state index >= 15 is 0 Å². The second-order valence-corrected chi connectivity index (χ2v) is 6.45. The van der Waals surface area contributed by atoms with Gasteiger partial charge in [-0.3, -0.25) is 19.4 Å². The number of hydrogen-bond donors (Lipinski definition) is 1. The van der Waals surface area contributed by atoms with E-state index in [1.54, 1.807) is 36.4 Å². The quantitative estimate of drug-likeness (QED) is 0.840. The predicted octanol–water partition coefficient (Wildman–Crippen LogP) is 1.93. The summed E-state index contributed by atoms with van der Waals surface area (Å²) in [5.74, 6) is -1.19. The van der Waals surface area contributed by atoms with Crippen molar-refractivity contribution in [3.05, 3.63) is 60.2 Å². The molecule has 8 nitrogen and oxygen atoms in total. The van der Waals surface area contributed by atoms with Gasteiger partial charge in [-0.05, 0) is 31.2 Å². The SMILES string of the molecule is Cc1ccc(N2C(=O)[C@H]3N=NN(CC(=O)Nc4ccccc4)[C@H]3C2=O)cc1. The molecular weight excluding hydrogens is 346 g/mol. The molecule has 2 atom stereocenters. The molecule has 0 unspecified atom stereocenters. The zero-order valence-corrected chi connectivity index (χ0v) is 14.6. The highest BCUT2D eigenvalue weighted by Gasteiger charge is 2.55. The Hall–Kier alpha value is -3.55. The van der Waals surface area contributed by atoms with Gasteiger partial charge in [-0.15, -0.1) is 0 Å². The third kappa shape index (κ3) is 3.05. The van der Waals surface area contributed by atoms with Crippen LogP contribution in [0.1, 0.15) is 5.56 Å². The molecule has 4 rings (SSSR count). The van der Waals surface area contributed by atoms with E-state index in [9.17, 15) is 14.4 Å². The van der Waals surface area contributed by atoms with E-state index in [2.05, 4.69) is 15.7 Å². The highest BCUT2D eigenvalue weighted by atomic mass is 16.2. The molecular formula is C19H17N5O3. The van der Waals surface area contributed by atoms with Crippen molar-refractivity contribution in [1.82, 2.24) is 5.01 Å². The van der Waals surface area contributed by atoms with Crippen molar-refractivity contribution in [2.75, 3.05) is 16.8 Å². The third-order valence-electron chi connectivity index (χ3n) is 4.51. The van der Waals surface area contributed by atoms with Crippen molar-refractivity contribution in [2.24, 2.45) is 10.3 Å². The van der Waals surface area contributed by atoms with Crippen molar-refractivity contribution >= 4 is 29.1 Å². The number of carbonyl (C=O) groups excluding carboxylic acids is 3. The maximum atomic E-state index is 12.8. The molecule has 2 aromatic rings. The molecule has 2 heterocycles. The van der Waals surface area contributed by atoms with Gasteiger partial charge >= 0.3 is 0 Å². The number of fused-ring (bicyclic) bond motifs is 1. The van der Waals surface area contributed by atoms with Gasteiger partial charge < -0.3 is 5.32 Å². The van der Waals surface area contributed by atoms with E-state index in [-0.39, 0.29) is 12.5 Å². The Morgan fingerprint density at radius 1 is 1.04 bits per heavy atom. The summed E-state index contributed by atoms with van der Waals surface area (Å²) >= 11 is 0. The molecule has 0 radical (unpaired) electrons. The lowest BCUT2D eigenvalue weighted by Crippen LogP contribution is -2.43. The van der Waals surface area contributed by atoms with Gasteiger partial charge in [-0.1, -0.05) is 41.1 Å². The molecule has 0 spiro atoms. The van der Waals surface area contributed by atoms with E-state index in [1.165, 1.54) is 5.01 Å². The van der Waals surface area contributed by atoms with Crippen LogP contribution in [0.25, 0.3) is 0 Å². The number of nitrogens with one attached hydrogen (secondary N) is 1. The van der Waals surface area contributed by atoms with Gasteiger partial charge in [0.2, 0.25) is 5.91 Å². The van der Waals surface area contributed by atoms with Crippen LogP contribution in [0.5, 0.6) is 0 Å². The number of hydrogen-bond acceptors (Lipinski definition) is 6. The fourth-order valence-electron chi connectivity index (χ4n) is 3.17. The molecule has 136 valence electrons. The van der Waals surface area contributed by atoms with Crippen LogP contribution in [0.3, 0.4) is 0 Å². The van der Waals surface area contributed by atoms with Crippen LogP contribution >= 0.6 is 0 Å². The Balaban J connectivity index is 1.49. The van der Waals surface area contributed by atoms with Crippen LogP contribution in [0.15, 0.2) is 64.9 Å². The Morgan fingerprint density at radius 2 is 1.74 bits per heavy atom. The van der Waals surface area contributed by atoms with Crippen molar-refractivity contribution in [3.63, 3.8) is 0 Å². The molecule has 0 bridgehead atoms. The number of rotatable bonds is 4. The summed E-state index contributed by atoms with van der Waals surface area (Å²) in [5, 5.41) is 11.8. The summed E-state index contributed by atoms with van der Waals surface area (Å²) in [6.45, 7) is 1.76. The number of carbonyl (C=O) groups is 3. The van der Waals surface area contributed by atoms with Crippen molar-refractivity contribution in [2.45, 2.75) is 19.0 Å². The Bertz CT molecular complexity index is 926. The topological polar surface area (TPSA) is 94.4 Å². The Labute approximate surface area is 155 Å². The number of anilines is 2. The minimum Gasteiger partial charge on any atom is -0.324 e. The Morgan fingerprint density at radius 3 is 2.44 bits per heavy atom. The molecule has 1 saturated heterocycles. The number of amides is 3. The van der Waals surface area contributed by atoms with Crippen LogP contribution in [-0.4, -0.2) is 41.4 Å². The van der Waals surface area contributed by atoms with Crippen LogP contribution < -0.4 is 10.2 Å². The highest BCUT2D eigenvalue weighted by molar-refractivity contribution is 6.25. The van der Waals surface area contributed by atoms with Crippen molar-refractivity contribution in [1.29, 1.82) is 0 Å². The first-order valence-corrected chi connectivity index (χ1v) is 8.51. The Kier molecular flexibility index (Phi) is 4.15. The second kappa shape index (κ2) is 6.64. The monoisotopic (exact) mass is 363 g/mol. The molecule has 2 aromatic carbocycles.